The van der Waals surface area contributed by atoms with E-state index in [-0.39, 0.29) is 11.5 Å². The van der Waals surface area contributed by atoms with E-state index >= 15 is 0 Å². The van der Waals surface area contributed by atoms with Crippen LogP contribution in [0.3, 0.4) is 0 Å². The van der Waals surface area contributed by atoms with Crippen molar-refractivity contribution in [3.05, 3.63) is 33.9 Å². The van der Waals surface area contributed by atoms with Crippen LogP contribution in [-0.2, 0) is 0 Å². The van der Waals surface area contributed by atoms with Crippen molar-refractivity contribution in [1.29, 1.82) is 0 Å². The fourth-order valence-corrected chi connectivity index (χ4v) is 2.16. The van der Waals surface area contributed by atoms with Crippen LogP contribution in [0.4, 0.5) is 11.4 Å². The summed E-state index contributed by atoms with van der Waals surface area (Å²) in [4.78, 5) is 23.9. The van der Waals surface area contributed by atoms with Gasteiger partial charge in [-0.3, -0.25) is 14.9 Å². The zero-order chi connectivity index (χ0) is 13.3. The van der Waals surface area contributed by atoms with Crippen molar-refractivity contribution in [3.8, 4) is 0 Å². The van der Waals surface area contributed by atoms with Crippen LogP contribution in [0, 0.1) is 10.1 Å². The van der Waals surface area contributed by atoms with Crippen LogP contribution in [0.25, 0.3) is 0 Å². The molecule has 0 saturated heterocycles. The Bertz CT molecular complexity index is 495. The lowest BCUT2D eigenvalue weighted by molar-refractivity contribution is -0.384. The molecule has 5 heteroatoms. The maximum absolute atomic E-state index is 11.3. The van der Waals surface area contributed by atoms with E-state index in [2.05, 4.69) is 0 Å². The van der Waals surface area contributed by atoms with Crippen molar-refractivity contribution in [2.75, 3.05) is 11.9 Å². The van der Waals surface area contributed by atoms with Gasteiger partial charge in [0.15, 0.2) is 5.78 Å². The van der Waals surface area contributed by atoms with Gasteiger partial charge in [0.1, 0.15) is 5.69 Å². The van der Waals surface area contributed by atoms with E-state index in [1.165, 1.54) is 19.4 Å². The lowest BCUT2D eigenvalue weighted by Gasteiger charge is -2.36. The van der Waals surface area contributed by atoms with E-state index < -0.39 is 4.92 Å². The van der Waals surface area contributed by atoms with E-state index in [0.29, 0.717) is 17.3 Å². The molecule has 1 aliphatic carbocycles. The molecule has 1 aromatic rings. The zero-order valence-corrected chi connectivity index (χ0v) is 10.5. The average Bonchev–Trinajstić information content (AvgIpc) is 2.25. The minimum atomic E-state index is -0.420. The molecule has 1 aromatic carbocycles. The monoisotopic (exact) mass is 248 g/mol. The van der Waals surface area contributed by atoms with Gasteiger partial charge in [-0.1, -0.05) is 0 Å². The Kier molecular flexibility index (Phi) is 3.32. The highest BCUT2D eigenvalue weighted by Gasteiger charge is 2.27. The number of benzene rings is 1. The summed E-state index contributed by atoms with van der Waals surface area (Å²) in [6, 6.07) is 5.08. The summed E-state index contributed by atoms with van der Waals surface area (Å²) < 4.78 is 0. The molecular weight excluding hydrogens is 232 g/mol. The predicted molar refractivity (Wildman–Crippen MR) is 69.1 cm³/mol. The van der Waals surface area contributed by atoms with Crippen LogP contribution in [0.15, 0.2) is 18.2 Å². The maximum Gasteiger partial charge on any atom is 0.293 e. The van der Waals surface area contributed by atoms with Gasteiger partial charge >= 0.3 is 0 Å². The molecule has 0 aliphatic heterocycles. The molecule has 1 saturated carbocycles. The Morgan fingerprint density at radius 2 is 2.11 bits per heavy atom. The molecule has 1 fully saturated rings. The maximum atomic E-state index is 11.3. The highest BCUT2D eigenvalue weighted by atomic mass is 16.6. The molecule has 0 spiro atoms. The summed E-state index contributed by atoms with van der Waals surface area (Å²) in [5.41, 5.74) is 0.985. The molecule has 0 heterocycles. The van der Waals surface area contributed by atoms with Crippen molar-refractivity contribution in [3.63, 3.8) is 0 Å². The molecule has 0 unspecified atom stereocenters. The van der Waals surface area contributed by atoms with Crippen molar-refractivity contribution in [2.45, 2.75) is 32.2 Å². The second-order valence-corrected chi connectivity index (χ2v) is 4.71. The second kappa shape index (κ2) is 4.76. The van der Waals surface area contributed by atoms with Gasteiger partial charge in [-0.25, -0.2) is 0 Å². The Hall–Kier alpha value is -1.91. The molecule has 1 aliphatic rings. The molecule has 0 atom stereocenters. The third-order valence-electron chi connectivity index (χ3n) is 3.58. The topological polar surface area (TPSA) is 63.5 Å². The Morgan fingerprint density at radius 1 is 1.44 bits per heavy atom. The lowest BCUT2D eigenvalue weighted by atomic mass is 9.91. The Labute approximate surface area is 106 Å². The van der Waals surface area contributed by atoms with Gasteiger partial charge in [-0.05, 0) is 38.3 Å². The number of nitrogens with zero attached hydrogens (tertiary/aromatic N) is 2. The number of rotatable bonds is 4. The molecule has 0 aromatic heterocycles. The average molecular weight is 248 g/mol. The molecule has 5 nitrogen and oxygen atoms in total. The highest BCUT2D eigenvalue weighted by molar-refractivity contribution is 5.95. The SMILES string of the molecule is CC(=O)c1ccc(N(C)C2CCC2)c([N+](=O)[O-])c1. The summed E-state index contributed by atoms with van der Waals surface area (Å²) in [5, 5.41) is 11.1. The number of anilines is 1. The smallest absolute Gasteiger partial charge is 0.293 e. The fraction of sp³-hybridized carbons (Fsp3) is 0.462. The van der Waals surface area contributed by atoms with Crippen molar-refractivity contribution in [2.24, 2.45) is 0 Å². The largest absolute Gasteiger partial charge is 0.366 e. The molecule has 0 bridgehead atoms. The van der Waals surface area contributed by atoms with E-state index in [0.717, 1.165) is 12.8 Å². The predicted octanol–water partition coefficient (Wildman–Crippen LogP) is 2.79. The normalized spacial score (nSPS) is 15.0. The van der Waals surface area contributed by atoms with Gasteiger partial charge in [0, 0.05) is 24.7 Å². The van der Waals surface area contributed by atoms with Crippen molar-refractivity contribution >= 4 is 17.2 Å². The van der Waals surface area contributed by atoms with Gasteiger partial charge in [0.25, 0.3) is 5.69 Å². The van der Waals surface area contributed by atoms with Crippen molar-refractivity contribution < 1.29 is 9.72 Å². The summed E-state index contributed by atoms with van der Waals surface area (Å²) in [6.45, 7) is 1.41. The highest BCUT2D eigenvalue weighted by Crippen LogP contribution is 2.34. The molecule has 0 N–H and O–H groups in total. The number of carbonyl (C=O) groups excluding carboxylic acids is 1. The van der Waals surface area contributed by atoms with Crippen LogP contribution in [-0.4, -0.2) is 23.8 Å². The van der Waals surface area contributed by atoms with Gasteiger partial charge in [-0.15, -0.1) is 0 Å². The minimum Gasteiger partial charge on any atom is -0.366 e. The van der Waals surface area contributed by atoms with Crippen LogP contribution < -0.4 is 4.90 Å². The Morgan fingerprint density at radius 3 is 2.56 bits per heavy atom. The quantitative estimate of drug-likeness (QED) is 0.467. The number of Topliss-reactive ketones (excluding diaryl/α,β-unsaturated/α-hetero) is 1. The Balaban J connectivity index is 2.39. The van der Waals surface area contributed by atoms with Crippen LogP contribution in [0.2, 0.25) is 0 Å². The number of nitro groups is 1. The third-order valence-corrected chi connectivity index (χ3v) is 3.58. The van der Waals surface area contributed by atoms with E-state index in [4.69, 9.17) is 0 Å². The van der Waals surface area contributed by atoms with Crippen molar-refractivity contribution in [1.82, 2.24) is 0 Å². The fourth-order valence-electron chi connectivity index (χ4n) is 2.16. The first-order valence-electron chi connectivity index (χ1n) is 6.03. The molecule has 2 rings (SSSR count). The number of hydrogen-bond acceptors (Lipinski definition) is 4. The van der Waals surface area contributed by atoms with Crippen LogP contribution in [0.1, 0.15) is 36.5 Å². The van der Waals surface area contributed by atoms with Gasteiger partial charge in [-0.2, -0.15) is 0 Å². The number of ketones is 1. The molecular formula is C13H16N2O3. The second-order valence-electron chi connectivity index (χ2n) is 4.71. The lowest BCUT2D eigenvalue weighted by Crippen LogP contribution is -2.37. The van der Waals surface area contributed by atoms with Crippen LogP contribution in [0.5, 0.6) is 0 Å². The van der Waals surface area contributed by atoms with Gasteiger partial charge < -0.3 is 4.90 Å². The summed E-state index contributed by atoms with van der Waals surface area (Å²) >= 11 is 0. The third kappa shape index (κ3) is 2.20. The number of nitro benzene ring substituents is 1. The number of hydrogen-bond donors (Lipinski definition) is 0. The summed E-state index contributed by atoms with van der Waals surface area (Å²) in [6.07, 6.45) is 3.32. The van der Waals surface area contributed by atoms with E-state index in [1.807, 2.05) is 11.9 Å². The molecule has 0 radical (unpaired) electrons. The molecule has 0 amide bonds. The molecule has 96 valence electrons. The van der Waals surface area contributed by atoms with Crippen LogP contribution >= 0.6 is 0 Å². The van der Waals surface area contributed by atoms with Gasteiger partial charge in [0.05, 0.1) is 4.92 Å². The van der Waals surface area contributed by atoms with E-state index in [1.54, 1.807) is 12.1 Å². The van der Waals surface area contributed by atoms with Gasteiger partial charge in [0.2, 0.25) is 0 Å². The molecule has 18 heavy (non-hydrogen) atoms. The zero-order valence-electron chi connectivity index (χ0n) is 10.5. The van der Waals surface area contributed by atoms with E-state index in [9.17, 15) is 14.9 Å². The summed E-state index contributed by atoms with van der Waals surface area (Å²) in [7, 11) is 1.87. The number of carbonyl (C=O) groups is 1. The first kappa shape index (κ1) is 12.5. The first-order valence-corrected chi connectivity index (χ1v) is 6.03. The minimum absolute atomic E-state index is 0.0112. The first-order chi connectivity index (χ1) is 8.50. The standard InChI is InChI=1S/C13H16N2O3/c1-9(16)10-6-7-12(13(8-10)15(17)18)14(2)11-4-3-5-11/h6-8,11H,3-5H2,1-2H3. The summed E-state index contributed by atoms with van der Waals surface area (Å²) in [5.74, 6) is -0.157.